The first kappa shape index (κ1) is 26.7. The second kappa shape index (κ2) is 7.36. The highest BCUT2D eigenvalue weighted by molar-refractivity contribution is 5.61. The molecule has 0 N–H and O–H groups in total. The molecule has 9 atom stereocenters. The maximum Gasteiger partial charge on any atom is 0.510 e. The van der Waals surface area contributed by atoms with Crippen molar-refractivity contribution in [1.82, 2.24) is 0 Å². The Hall–Kier alpha value is -1.36. The van der Waals surface area contributed by atoms with Crippen LogP contribution in [0.3, 0.4) is 0 Å². The van der Waals surface area contributed by atoms with Gasteiger partial charge in [-0.05, 0) is 69.1 Å². The van der Waals surface area contributed by atoms with E-state index in [1.165, 1.54) is 0 Å². The number of hydrogen-bond donors (Lipinski definition) is 0. The molecule has 4 aliphatic rings. The number of rotatable bonds is 3. The number of fused-ring (bicyclic) bond motifs is 9. The summed E-state index contributed by atoms with van der Waals surface area (Å²) in [4.78, 5) is 12.0. The molecule has 0 saturated heterocycles. The molecule has 4 rings (SSSR count). The molecular formula is C23H29F9O3. The average Bonchev–Trinajstić information content (AvgIpc) is 3.31. The smallest absolute Gasteiger partial charge is 0.429 e. The number of halogens is 9. The van der Waals surface area contributed by atoms with Gasteiger partial charge in [0.05, 0.1) is 0 Å². The maximum absolute atomic E-state index is 16.3. The summed E-state index contributed by atoms with van der Waals surface area (Å²) in [5, 5.41) is 0. The fourth-order valence-corrected chi connectivity index (χ4v) is 7.80. The van der Waals surface area contributed by atoms with Gasteiger partial charge in [0.2, 0.25) is 0 Å². The normalized spacial score (nSPS) is 42.3. The van der Waals surface area contributed by atoms with Crippen LogP contribution in [0.4, 0.5) is 44.3 Å². The molecule has 0 spiro atoms. The van der Waals surface area contributed by atoms with E-state index < -0.39 is 77.8 Å². The zero-order chi connectivity index (χ0) is 26.7. The van der Waals surface area contributed by atoms with E-state index in [2.05, 4.69) is 9.47 Å². The van der Waals surface area contributed by atoms with E-state index in [4.69, 9.17) is 0 Å². The van der Waals surface area contributed by atoms with Gasteiger partial charge in [-0.15, -0.1) is 0 Å². The van der Waals surface area contributed by atoms with E-state index in [-0.39, 0.29) is 23.7 Å². The average molecular weight is 524 g/mol. The van der Waals surface area contributed by atoms with E-state index in [0.717, 1.165) is 20.8 Å². The van der Waals surface area contributed by atoms with Crippen molar-refractivity contribution >= 4 is 6.16 Å². The Bertz CT molecular complexity index is 863. The Balaban J connectivity index is 1.76. The third kappa shape index (κ3) is 3.49. The first-order chi connectivity index (χ1) is 15.6. The second-order valence-corrected chi connectivity index (χ2v) is 11.9. The van der Waals surface area contributed by atoms with Gasteiger partial charge in [0.15, 0.2) is 5.67 Å². The lowest BCUT2D eigenvalue weighted by Crippen LogP contribution is -2.67. The zero-order valence-electron chi connectivity index (χ0n) is 19.9. The highest BCUT2D eigenvalue weighted by atomic mass is 19.4. The summed E-state index contributed by atoms with van der Waals surface area (Å²) < 4.78 is 140. The van der Waals surface area contributed by atoms with Crippen LogP contribution >= 0.6 is 0 Å². The molecule has 4 fully saturated rings. The number of hydrogen-bond acceptors (Lipinski definition) is 3. The fraction of sp³-hybridized carbons (Fsp3) is 0.957. The molecule has 9 unspecified atom stereocenters. The number of alkyl halides is 9. The van der Waals surface area contributed by atoms with Gasteiger partial charge < -0.3 is 9.47 Å². The lowest BCUT2D eigenvalue weighted by Gasteiger charge is -2.51. The molecule has 202 valence electrons. The summed E-state index contributed by atoms with van der Waals surface area (Å²) in [5.74, 6) is -9.56. The van der Waals surface area contributed by atoms with Crippen LogP contribution in [-0.2, 0) is 9.47 Å². The molecule has 0 heterocycles. The SMILES string of the molecule is CC1C(C)C2CC1C1C2C2CC1C(F)(F)C2(F)CC(OC(=O)OC(C)(C)C)(C(F)(F)F)C(F)(F)F. The van der Waals surface area contributed by atoms with Gasteiger partial charge in [0.25, 0.3) is 5.92 Å². The van der Waals surface area contributed by atoms with Crippen LogP contribution in [0.2, 0.25) is 0 Å². The van der Waals surface area contributed by atoms with Gasteiger partial charge in [-0.2, -0.15) is 26.3 Å². The summed E-state index contributed by atoms with van der Waals surface area (Å²) >= 11 is 0. The monoisotopic (exact) mass is 524 g/mol. The van der Waals surface area contributed by atoms with E-state index in [1.807, 2.05) is 13.8 Å². The molecule has 4 aliphatic carbocycles. The fourth-order valence-electron chi connectivity index (χ4n) is 7.80. The molecule has 0 aromatic carbocycles. The number of ether oxygens (including phenoxy) is 2. The second-order valence-electron chi connectivity index (χ2n) is 11.9. The molecular weight excluding hydrogens is 495 g/mol. The van der Waals surface area contributed by atoms with E-state index >= 15 is 13.2 Å². The van der Waals surface area contributed by atoms with Gasteiger partial charge in [-0.3, -0.25) is 0 Å². The van der Waals surface area contributed by atoms with Crippen LogP contribution in [0.1, 0.15) is 53.9 Å². The minimum atomic E-state index is -6.44. The number of carbonyl (C=O) groups excluding carboxylic acids is 1. The molecule has 0 radical (unpaired) electrons. The summed E-state index contributed by atoms with van der Waals surface area (Å²) in [5.41, 5.74) is -11.2. The molecule has 12 heteroatoms. The third-order valence-corrected chi connectivity index (χ3v) is 9.27. The Morgan fingerprint density at radius 3 is 1.69 bits per heavy atom. The summed E-state index contributed by atoms with van der Waals surface area (Å²) in [6.45, 7) is 7.24. The van der Waals surface area contributed by atoms with Crippen molar-refractivity contribution in [2.24, 2.45) is 47.3 Å². The van der Waals surface area contributed by atoms with Crippen molar-refractivity contribution < 1.29 is 53.8 Å². The molecule has 0 aromatic rings. The predicted molar refractivity (Wildman–Crippen MR) is 104 cm³/mol. The highest BCUT2D eigenvalue weighted by Crippen LogP contribution is 2.77. The molecule has 0 aliphatic heterocycles. The Morgan fingerprint density at radius 2 is 1.26 bits per heavy atom. The van der Waals surface area contributed by atoms with Gasteiger partial charge in [0.1, 0.15) is 5.60 Å². The van der Waals surface area contributed by atoms with Crippen LogP contribution in [-0.4, -0.2) is 41.3 Å². The Labute approximate surface area is 197 Å². The lowest BCUT2D eigenvalue weighted by atomic mass is 9.59. The van der Waals surface area contributed by atoms with Gasteiger partial charge in [-0.1, -0.05) is 13.8 Å². The summed E-state index contributed by atoms with van der Waals surface area (Å²) in [7, 11) is 0. The topological polar surface area (TPSA) is 35.5 Å². The van der Waals surface area contributed by atoms with E-state index in [1.54, 1.807) is 0 Å². The molecule has 0 aromatic heterocycles. The maximum atomic E-state index is 16.3. The molecule has 35 heavy (non-hydrogen) atoms. The Kier molecular flexibility index (Phi) is 5.61. The molecule has 3 nitrogen and oxygen atoms in total. The van der Waals surface area contributed by atoms with Gasteiger partial charge >= 0.3 is 24.1 Å². The Morgan fingerprint density at radius 1 is 0.800 bits per heavy atom. The summed E-state index contributed by atoms with van der Waals surface area (Å²) in [6.07, 6.45) is -18.0. The van der Waals surface area contributed by atoms with Gasteiger partial charge in [0, 0.05) is 18.3 Å². The molecule has 4 saturated carbocycles. The third-order valence-electron chi connectivity index (χ3n) is 9.27. The lowest BCUT2D eigenvalue weighted by molar-refractivity contribution is -0.385. The van der Waals surface area contributed by atoms with E-state index in [0.29, 0.717) is 6.42 Å². The first-order valence-electron chi connectivity index (χ1n) is 11.7. The number of carbonyl (C=O) groups is 1. The van der Waals surface area contributed by atoms with Crippen LogP contribution in [0.15, 0.2) is 0 Å². The van der Waals surface area contributed by atoms with Crippen LogP contribution < -0.4 is 0 Å². The van der Waals surface area contributed by atoms with Crippen LogP contribution in [0.25, 0.3) is 0 Å². The van der Waals surface area contributed by atoms with Crippen LogP contribution in [0, 0.1) is 47.3 Å². The zero-order valence-corrected chi connectivity index (χ0v) is 19.9. The quantitative estimate of drug-likeness (QED) is 0.220. The first-order valence-corrected chi connectivity index (χ1v) is 11.7. The van der Waals surface area contributed by atoms with Gasteiger partial charge in [-0.25, -0.2) is 18.0 Å². The largest absolute Gasteiger partial charge is 0.510 e. The van der Waals surface area contributed by atoms with Crippen molar-refractivity contribution in [1.29, 1.82) is 0 Å². The van der Waals surface area contributed by atoms with Crippen molar-refractivity contribution in [3.63, 3.8) is 0 Å². The van der Waals surface area contributed by atoms with Crippen molar-refractivity contribution in [2.45, 2.75) is 89.0 Å². The molecule has 4 bridgehead atoms. The van der Waals surface area contributed by atoms with Crippen molar-refractivity contribution in [3.05, 3.63) is 0 Å². The van der Waals surface area contributed by atoms with Crippen LogP contribution in [0.5, 0.6) is 0 Å². The van der Waals surface area contributed by atoms with E-state index in [9.17, 15) is 31.1 Å². The van der Waals surface area contributed by atoms with Crippen molar-refractivity contribution in [3.8, 4) is 0 Å². The predicted octanol–water partition coefficient (Wildman–Crippen LogP) is 7.34. The van der Waals surface area contributed by atoms with Crippen molar-refractivity contribution in [2.75, 3.05) is 0 Å². The minimum absolute atomic E-state index is 0.00789. The molecule has 0 amide bonds. The highest BCUT2D eigenvalue weighted by Gasteiger charge is 2.86. The summed E-state index contributed by atoms with van der Waals surface area (Å²) in [6, 6.07) is 0. The minimum Gasteiger partial charge on any atom is -0.429 e. The standard InChI is InChI=1S/C23H29F9O3/c1-9-10(2)12-6-11(9)15-13-7-14(16(12)15)21(25,26)19(13,24)8-20(22(27,28)29,23(30,31)32)35-17(33)34-18(3,4)5/h9-16H,6-8H2,1-5H3.